The van der Waals surface area contributed by atoms with E-state index in [9.17, 15) is 9.59 Å². The van der Waals surface area contributed by atoms with Crippen molar-refractivity contribution in [2.45, 2.75) is 46.5 Å². The Kier molecular flexibility index (Phi) is 3.62. The van der Waals surface area contributed by atoms with Crippen LogP contribution in [0.3, 0.4) is 0 Å². The van der Waals surface area contributed by atoms with Crippen LogP contribution < -0.4 is 0 Å². The molecule has 0 spiro atoms. The van der Waals surface area contributed by atoms with Crippen molar-refractivity contribution in [1.29, 1.82) is 0 Å². The minimum absolute atomic E-state index is 0.0472. The van der Waals surface area contributed by atoms with Crippen LogP contribution in [0.1, 0.15) is 46.5 Å². The molecule has 0 amide bonds. The molecular weight excluding hydrogens is 176 g/mol. The van der Waals surface area contributed by atoms with E-state index in [1.165, 1.54) is 0 Å². The molecule has 0 heterocycles. The van der Waals surface area contributed by atoms with Gasteiger partial charge >= 0.3 is 0 Å². The van der Waals surface area contributed by atoms with Gasteiger partial charge in [0.1, 0.15) is 5.78 Å². The van der Waals surface area contributed by atoms with E-state index in [1.807, 2.05) is 20.8 Å². The van der Waals surface area contributed by atoms with E-state index in [1.54, 1.807) is 0 Å². The van der Waals surface area contributed by atoms with Gasteiger partial charge in [0.05, 0.1) is 0 Å². The number of Topliss-reactive ketones (excluding diaryl/α,β-unsaturated/α-hetero) is 2. The highest BCUT2D eigenvalue weighted by atomic mass is 16.1. The molecule has 0 saturated heterocycles. The molecule has 0 saturated carbocycles. The highest BCUT2D eigenvalue weighted by Gasteiger charge is 2.29. The number of carbonyl (C=O) groups is 2. The summed E-state index contributed by atoms with van der Waals surface area (Å²) in [5.41, 5.74) is 2.03. The minimum Gasteiger partial charge on any atom is -0.300 e. The predicted molar refractivity (Wildman–Crippen MR) is 56.0 cm³/mol. The van der Waals surface area contributed by atoms with Crippen LogP contribution in [0.2, 0.25) is 0 Å². The van der Waals surface area contributed by atoms with Crippen LogP contribution in [-0.4, -0.2) is 11.6 Å². The van der Waals surface area contributed by atoms with Crippen molar-refractivity contribution in [2.24, 2.45) is 5.92 Å². The summed E-state index contributed by atoms with van der Waals surface area (Å²) in [5, 5.41) is 0. The van der Waals surface area contributed by atoms with Gasteiger partial charge in [-0.2, -0.15) is 0 Å². The van der Waals surface area contributed by atoms with Crippen LogP contribution >= 0.6 is 0 Å². The first-order chi connectivity index (χ1) is 6.56. The summed E-state index contributed by atoms with van der Waals surface area (Å²) in [6.45, 7) is 5.84. The van der Waals surface area contributed by atoms with Crippen LogP contribution in [-0.2, 0) is 9.59 Å². The van der Waals surface area contributed by atoms with Crippen molar-refractivity contribution >= 4 is 11.6 Å². The normalized spacial score (nSPS) is 21.9. The maximum Gasteiger partial charge on any atom is 0.162 e. The molecule has 0 radical (unpaired) electrons. The summed E-state index contributed by atoms with van der Waals surface area (Å²) in [6, 6.07) is 0. The Hall–Kier alpha value is -0.920. The number of hydrogen-bond acceptors (Lipinski definition) is 2. The van der Waals surface area contributed by atoms with Gasteiger partial charge in [0.15, 0.2) is 5.78 Å². The van der Waals surface area contributed by atoms with Crippen molar-refractivity contribution in [2.75, 3.05) is 0 Å². The van der Waals surface area contributed by atoms with Crippen molar-refractivity contribution in [3.63, 3.8) is 0 Å². The molecule has 0 aromatic heterocycles. The average molecular weight is 194 g/mol. The van der Waals surface area contributed by atoms with Crippen LogP contribution in [0.15, 0.2) is 11.1 Å². The molecule has 1 aliphatic carbocycles. The van der Waals surface area contributed by atoms with Gasteiger partial charge in [-0.05, 0) is 32.3 Å². The highest BCUT2D eigenvalue weighted by Crippen LogP contribution is 2.30. The second-order valence-corrected chi connectivity index (χ2v) is 4.16. The summed E-state index contributed by atoms with van der Waals surface area (Å²) in [7, 11) is 0. The predicted octanol–water partition coefficient (Wildman–Crippen LogP) is 2.67. The van der Waals surface area contributed by atoms with E-state index in [2.05, 4.69) is 0 Å². The van der Waals surface area contributed by atoms with Gasteiger partial charge in [-0.25, -0.2) is 0 Å². The summed E-state index contributed by atoms with van der Waals surface area (Å²) in [4.78, 5) is 23.0. The standard InChI is InChI=1S/C12H18O2/c1-4-5-11(13)7-10-6-8(2)9(3)12(10)14/h10H,4-7H2,1-3H3. The molecule has 0 N–H and O–H groups in total. The molecule has 0 fully saturated rings. The fraction of sp³-hybridized carbons (Fsp3) is 0.667. The fourth-order valence-corrected chi connectivity index (χ4v) is 1.95. The average Bonchev–Trinajstić information content (AvgIpc) is 2.34. The molecule has 2 heteroatoms. The zero-order valence-corrected chi connectivity index (χ0v) is 9.22. The maximum absolute atomic E-state index is 11.6. The van der Waals surface area contributed by atoms with E-state index in [4.69, 9.17) is 0 Å². The Bertz CT molecular complexity index is 287. The van der Waals surface area contributed by atoms with Crippen LogP contribution in [0.5, 0.6) is 0 Å². The zero-order valence-electron chi connectivity index (χ0n) is 9.22. The molecule has 1 aliphatic rings. The van der Waals surface area contributed by atoms with E-state index < -0.39 is 0 Å². The van der Waals surface area contributed by atoms with Crippen molar-refractivity contribution < 1.29 is 9.59 Å². The molecule has 1 rings (SSSR count). The third-order valence-corrected chi connectivity index (χ3v) is 2.94. The van der Waals surface area contributed by atoms with Gasteiger partial charge < -0.3 is 0 Å². The second kappa shape index (κ2) is 4.54. The molecule has 14 heavy (non-hydrogen) atoms. The molecule has 0 aliphatic heterocycles. The lowest BCUT2D eigenvalue weighted by molar-refractivity contribution is -0.125. The first kappa shape index (κ1) is 11.2. The van der Waals surface area contributed by atoms with E-state index >= 15 is 0 Å². The van der Waals surface area contributed by atoms with Gasteiger partial charge in [-0.1, -0.05) is 12.5 Å². The van der Waals surface area contributed by atoms with Crippen LogP contribution in [0.25, 0.3) is 0 Å². The van der Waals surface area contributed by atoms with E-state index in [-0.39, 0.29) is 17.5 Å². The Morgan fingerprint density at radius 1 is 1.43 bits per heavy atom. The Balaban J connectivity index is 2.51. The van der Waals surface area contributed by atoms with Gasteiger partial charge in [0.25, 0.3) is 0 Å². The number of ketones is 2. The lowest BCUT2D eigenvalue weighted by atomic mass is 9.95. The summed E-state index contributed by atoms with van der Waals surface area (Å²) >= 11 is 0. The first-order valence-corrected chi connectivity index (χ1v) is 5.28. The van der Waals surface area contributed by atoms with Crippen molar-refractivity contribution in [1.82, 2.24) is 0 Å². The third kappa shape index (κ3) is 2.31. The molecule has 1 unspecified atom stereocenters. The number of rotatable bonds is 4. The third-order valence-electron chi connectivity index (χ3n) is 2.94. The lowest BCUT2D eigenvalue weighted by Gasteiger charge is -2.06. The summed E-state index contributed by atoms with van der Waals surface area (Å²) in [5.74, 6) is 0.370. The Morgan fingerprint density at radius 3 is 2.50 bits per heavy atom. The maximum atomic E-state index is 11.6. The number of hydrogen-bond donors (Lipinski definition) is 0. The SMILES string of the molecule is CCCC(=O)CC1CC(C)=C(C)C1=O. The summed E-state index contributed by atoms with van der Waals surface area (Å²) < 4.78 is 0. The topological polar surface area (TPSA) is 34.1 Å². The Morgan fingerprint density at radius 2 is 2.07 bits per heavy atom. The van der Waals surface area contributed by atoms with Crippen LogP contribution in [0.4, 0.5) is 0 Å². The van der Waals surface area contributed by atoms with Crippen molar-refractivity contribution in [3.8, 4) is 0 Å². The molecule has 0 bridgehead atoms. The van der Waals surface area contributed by atoms with Crippen molar-refractivity contribution in [3.05, 3.63) is 11.1 Å². The number of carbonyl (C=O) groups excluding carboxylic acids is 2. The second-order valence-electron chi connectivity index (χ2n) is 4.16. The molecule has 1 atom stereocenters. The van der Waals surface area contributed by atoms with Gasteiger partial charge in [-0.15, -0.1) is 0 Å². The first-order valence-electron chi connectivity index (χ1n) is 5.28. The molecule has 78 valence electrons. The Labute approximate surface area is 85.4 Å². The van der Waals surface area contributed by atoms with E-state index in [0.29, 0.717) is 12.8 Å². The summed E-state index contributed by atoms with van der Waals surface area (Å²) in [6.07, 6.45) is 2.73. The fourth-order valence-electron chi connectivity index (χ4n) is 1.95. The molecule has 0 aromatic carbocycles. The lowest BCUT2D eigenvalue weighted by Crippen LogP contribution is -2.14. The molecule has 2 nitrogen and oxygen atoms in total. The minimum atomic E-state index is -0.0472. The highest BCUT2D eigenvalue weighted by molar-refractivity contribution is 6.02. The molecular formula is C12H18O2. The zero-order chi connectivity index (χ0) is 10.7. The number of allylic oxidation sites excluding steroid dienone is 2. The van der Waals surface area contributed by atoms with Gasteiger partial charge in [0.2, 0.25) is 0 Å². The monoisotopic (exact) mass is 194 g/mol. The van der Waals surface area contributed by atoms with Crippen LogP contribution in [0, 0.1) is 5.92 Å². The van der Waals surface area contributed by atoms with Gasteiger partial charge in [0, 0.05) is 18.8 Å². The quantitative estimate of drug-likeness (QED) is 0.689. The largest absolute Gasteiger partial charge is 0.300 e. The van der Waals surface area contributed by atoms with E-state index in [0.717, 1.165) is 24.0 Å². The molecule has 0 aromatic rings. The van der Waals surface area contributed by atoms with Gasteiger partial charge in [-0.3, -0.25) is 9.59 Å². The smallest absolute Gasteiger partial charge is 0.162 e.